The van der Waals surface area contributed by atoms with Gasteiger partial charge in [-0.15, -0.1) is 0 Å². The van der Waals surface area contributed by atoms with Crippen LogP contribution in [0.3, 0.4) is 0 Å². The summed E-state index contributed by atoms with van der Waals surface area (Å²) in [6, 6.07) is 20.0. The van der Waals surface area contributed by atoms with Crippen LogP contribution in [0.1, 0.15) is 60.7 Å². The molecule has 0 saturated heterocycles. The van der Waals surface area contributed by atoms with Crippen molar-refractivity contribution in [2.45, 2.75) is 52.9 Å². The van der Waals surface area contributed by atoms with Crippen LogP contribution in [0.5, 0.6) is 0 Å². The Hall–Kier alpha value is -3.65. The highest BCUT2D eigenvalue weighted by molar-refractivity contribution is 7.92. The Bertz CT molecular complexity index is 1410. The van der Waals surface area contributed by atoms with E-state index < -0.39 is 10.0 Å². The van der Waals surface area contributed by atoms with Crippen molar-refractivity contribution < 1.29 is 18.0 Å². The zero-order chi connectivity index (χ0) is 28.1. The van der Waals surface area contributed by atoms with Gasteiger partial charge in [-0.2, -0.15) is 0 Å². The molecule has 3 rings (SSSR count). The molecule has 0 spiro atoms. The summed E-state index contributed by atoms with van der Waals surface area (Å²) in [7, 11) is -3.50. The number of sulfonamides is 1. The highest BCUT2D eigenvalue weighted by Crippen LogP contribution is 2.26. The van der Waals surface area contributed by atoms with Gasteiger partial charge in [0.15, 0.2) is 0 Å². The minimum atomic E-state index is -3.50. The van der Waals surface area contributed by atoms with Crippen LogP contribution in [0.15, 0.2) is 66.7 Å². The maximum absolute atomic E-state index is 12.7. The molecule has 0 aliphatic heterocycles. The van der Waals surface area contributed by atoms with E-state index >= 15 is 0 Å². The summed E-state index contributed by atoms with van der Waals surface area (Å²) in [5.41, 5.74) is 5.33. The van der Waals surface area contributed by atoms with Gasteiger partial charge in [0, 0.05) is 29.9 Å². The molecule has 7 nitrogen and oxygen atoms in total. The van der Waals surface area contributed by atoms with Gasteiger partial charge in [-0.1, -0.05) is 51.1 Å². The van der Waals surface area contributed by atoms with Crippen LogP contribution in [-0.2, 0) is 20.2 Å². The second-order valence-electron chi connectivity index (χ2n) is 10.6. The first-order valence-corrected chi connectivity index (χ1v) is 14.5. The molecular weight excluding hydrogens is 498 g/mol. The topological polar surface area (TPSA) is 95.6 Å². The average molecular weight is 536 g/mol. The zero-order valence-corrected chi connectivity index (χ0v) is 23.8. The molecule has 0 bridgehead atoms. The highest BCUT2D eigenvalue weighted by Gasteiger charge is 2.20. The molecule has 0 heterocycles. The van der Waals surface area contributed by atoms with Crippen LogP contribution in [-0.4, -0.2) is 33.0 Å². The molecule has 0 saturated carbocycles. The standard InChI is InChI=1S/C30H37N3O4S/c1-21-10-7-13-27(22(21)2)33(38(6,36)37)19-9-14-28(34)31-25-11-8-12-26(20-25)32-29(35)23-15-17-24(18-16-23)30(3,4)5/h7-8,10-13,15-18,20H,9,14,19H2,1-6H3,(H,31,34)(H,32,35). The number of carbonyl (C=O) groups excluding carboxylic acids is 2. The van der Waals surface area contributed by atoms with Crippen LogP contribution in [0, 0.1) is 13.8 Å². The van der Waals surface area contributed by atoms with Crippen molar-refractivity contribution >= 4 is 38.9 Å². The van der Waals surface area contributed by atoms with Crippen molar-refractivity contribution in [1.29, 1.82) is 0 Å². The maximum Gasteiger partial charge on any atom is 0.255 e. The number of anilines is 3. The van der Waals surface area contributed by atoms with Gasteiger partial charge < -0.3 is 10.6 Å². The Morgan fingerprint density at radius 3 is 2.08 bits per heavy atom. The molecule has 2 amide bonds. The fourth-order valence-electron chi connectivity index (χ4n) is 4.08. The number of carbonyl (C=O) groups is 2. The Labute approximate surface area is 226 Å². The molecule has 0 aliphatic rings. The van der Waals surface area contributed by atoms with Gasteiger partial charge in [0.25, 0.3) is 5.91 Å². The van der Waals surface area contributed by atoms with Crippen molar-refractivity contribution in [2.24, 2.45) is 0 Å². The van der Waals surface area contributed by atoms with Crippen LogP contribution >= 0.6 is 0 Å². The SMILES string of the molecule is Cc1cccc(N(CCCC(=O)Nc2cccc(NC(=O)c3ccc(C(C)(C)C)cc3)c2)S(C)(=O)=O)c1C. The molecule has 38 heavy (non-hydrogen) atoms. The molecule has 3 aromatic rings. The normalized spacial score (nSPS) is 11.6. The molecule has 3 aromatic carbocycles. The number of amides is 2. The van der Waals surface area contributed by atoms with Crippen molar-refractivity contribution in [2.75, 3.05) is 27.7 Å². The first-order valence-electron chi connectivity index (χ1n) is 12.6. The molecule has 0 unspecified atom stereocenters. The third kappa shape index (κ3) is 7.68. The van der Waals surface area contributed by atoms with Gasteiger partial charge in [-0.05, 0) is 78.8 Å². The van der Waals surface area contributed by atoms with E-state index in [1.807, 2.05) is 38.1 Å². The van der Waals surface area contributed by atoms with Crippen LogP contribution < -0.4 is 14.9 Å². The molecule has 0 fully saturated rings. The molecule has 0 atom stereocenters. The number of nitrogens with one attached hydrogen (secondary N) is 2. The van der Waals surface area contributed by atoms with Crippen LogP contribution in [0.25, 0.3) is 0 Å². The average Bonchev–Trinajstić information content (AvgIpc) is 2.83. The van der Waals surface area contributed by atoms with E-state index in [-0.39, 0.29) is 30.2 Å². The molecule has 0 aromatic heterocycles. The summed E-state index contributed by atoms with van der Waals surface area (Å²) in [4.78, 5) is 25.3. The lowest BCUT2D eigenvalue weighted by atomic mass is 9.87. The molecular formula is C30H37N3O4S. The van der Waals surface area contributed by atoms with Gasteiger partial charge in [-0.25, -0.2) is 8.42 Å². The van der Waals surface area contributed by atoms with Crippen LogP contribution in [0.4, 0.5) is 17.1 Å². The summed E-state index contributed by atoms with van der Waals surface area (Å²) in [6.45, 7) is 10.4. The van der Waals surface area contributed by atoms with Crippen molar-refractivity contribution in [3.63, 3.8) is 0 Å². The zero-order valence-electron chi connectivity index (χ0n) is 23.0. The first-order chi connectivity index (χ1) is 17.8. The van der Waals surface area contributed by atoms with E-state index in [1.54, 1.807) is 42.5 Å². The second kappa shape index (κ2) is 11.8. The van der Waals surface area contributed by atoms with Crippen molar-refractivity contribution in [3.05, 3.63) is 89.0 Å². The lowest BCUT2D eigenvalue weighted by Gasteiger charge is -2.24. The third-order valence-electron chi connectivity index (χ3n) is 6.43. The number of hydrogen-bond acceptors (Lipinski definition) is 4. The molecule has 202 valence electrons. The van der Waals surface area contributed by atoms with Gasteiger partial charge >= 0.3 is 0 Å². The highest BCUT2D eigenvalue weighted by atomic mass is 32.2. The predicted octanol–water partition coefficient (Wildman–Crippen LogP) is 6.04. The van der Waals surface area contributed by atoms with E-state index in [4.69, 9.17) is 0 Å². The third-order valence-corrected chi connectivity index (χ3v) is 7.61. The molecule has 0 radical (unpaired) electrons. The predicted molar refractivity (Wildman–Crippen MR) is 156 cm³/mol. The Balaban J connectivity index is 1.59. The van der Waals surface area contributed by atoms with Crippen LogP contribution in [0.2, 0.25) is 0 Å². The summed E-state index contributed by atoms with van der Waals surface area (Å²) < 4.78 is 26.2. The fraction of sp³-hybridized carbons (Fsp3) is 0.333. The summed E-state index contributed by atoms with van der Waals surface area (Å²) in [5, 5.41) is 5.70. The van der Waals surface area contributed by atoms with E-state index in [0.717, 1.165) is 16.7 Å². The van der Waals surface area contributed by atoms with E-state index in [9.17, 15) is 18.0 Å². The minimum absolute atomic E-state index is 0.00412. The molecule has 2 N–H and O–H groups in total. The monoisotopic (exact) mass is 535 g/mol. The quantitative estimate of drug-likeness (QED) is 0.349. The smallest absolute Gasteiger partial charge is 0.255 e. The summed E-state index contributed by atoms with van der Waals surface area (Å²) in [5.74, 6) is -0.470. The minimum Gasteiger partial charge on any atom is -0.326 e. The fourth-order valence-corrected chi connectivity index (χ4v) is 5.09. The number of benzene rings is 3. The Kier molecular flexibility index (Phi) is 8.99. The van der Waals surface area contributed by atoms with Gasteiger partial charge in [-0.3, -0.25) is 13.9 Å². The van der Waals surface area contributed by atoms with Gasteiger partial charge in [0.2, 0.25) is 15.9 Å². The van der Waals surface area contributed by atoms with Gasteiger partial charge in [0.05, 0.1) is 11.9 Å². The maximum atomic E-state index is 12.7. The van der Waals surface area contributed by atoms with E-state index in [2.05, 4.69) is 31.4 Å². The summed E-state index contributed by atoms with van der Waals surface area (Å²) in [6.07, 6.45) is 1.68. The first kappa shape index (κ1) is 28.9. The van der Waals surface area contributed by atoms with Gasteiger partial charge in [0.1, 0.15) is 0 Å². The van der Waals surface area contributed by atoms with E-state index in [1.165, 1.54) is 10.6 Å². The summed E-state index contributed by atoms with van der Waals surface area (Å²) >= 11 is 0. The van der Waals surface area contributed by atoms with Crippen molar-refractivity contribution in [3.8, 4) is 0 Å². The van der Waals surface area contributed by atoms with E-state index in [0.29, 0.717) is 29.0 Å². The lowest BCUT2D eigenvalue weighted by Crippen LogP contribution is -2.32. The number of hydrogen-bond donors (Lipinski definition) is 2. The Morgan fingerprint density at radius 2 is 1.47 bits per heavy atom. The number of rotatable bonds is 9. The van der Waals surface area contributed by atoms with Crippen molar-refractivity contribution in [1.82, 2.24) is 0 Å². The number of nitrogens with zero attached hydrogens (tertiary/aromatic N) is 1. The Morgan fingerprint density at radius 1 is 0.868 bits per heavy atom. The largest absolute Gasteiger partial charge is 0.326 e. The second-order valence-corrected chi connectivity index (χ2v) is 12.5. The molecule has 8 heteroatoms. The molecule has 0 aliphatic carbocycles. The lowest BCUT2D eigenvalue weighted by molar-refractivity contribution is -0.116. The number of aryl methyl sites for hydroxylation is 1.